The molecule has 0 amide bonds. The number of hydrogen-bond acceptors (Lipinski definition) is 2. The summed E-state index contributed by atoms with van der Waals surface area (Å²) in [6.07, 6.45) is 0. The van der Waals surface area contributed by atoms with Crippen LogP contribution in [0.5, 0.6) is 0 Å². The summed E-state index contributed by atoms with van der Waals surface area (Å²) in [5, 5.41) is 3.52. The van der Waals surface area contributed by atoms with E-state index < -0.39 is 0 Å². The first-order chi connectivity index (χ1) is 6.65. The summed E-state index contributed by atoms with van der Waals surface area (Å²) in [5.74, 6) is 5.97. The minimum absolute atomic E-state index is 0.568. The van der Waals surface area contributed by atoms with E-state index >= 15 is 0 Å². The summed E-state index contributed by atoms with van der Waals surface area (Å²) in [7, 11) is 1.86. The van der Waals surface area contributed by atoms with Gasteiger partial charge in [0.05, 0.1) is 17.3 Å². The second kappa shape index (κ2) is 4.90. The van der Waals surface area contributed by atoms with Crippen LogP contribution in [0.15, 0.2) is 12.1 Å². The smallest absolute Gasteiger partial charge is 0.0650 e. The quantitative estimate of drug-likeness (QED) is 0.546. The number of benzene rings is 1. The summed E-state index contributed by atoms with van der Waals surface area (Å²) in [5.41, 5.74) is 8.21. The lowest BCUT2D eigenvalue weighted by Gasteiger charge is -2.02. The molecule has 0 bridgehead atoms. The minimum atomic E-state index is 0.568. The van der Waals surface area contributed by atoms with Crippen LogP contribution in [0.1, 0.15) is 11.1 Å². The lowest BCUT2D eigenvalue weighted by atomic mass is 10.1. The van der Waals surface area contributed by atoms with Gasteiger partial charge < -0.3 is 11.1 Å². The van der Waals surface area contributed by atoms with Crippen molar-refractivity contribution >= 4 is 17.3 Å². The van der Waals surface area contributed by atoms with Crippen LogP contribution in [0.4, 0.5) is 5.69 Å². The number of hydrogen-bond donors (Lipinski definition) is 2. The van der Waals surface area contributed by atoms with Crippen LogP contribution in [0.25, 0.3) is 0 Å². The van der Waals surface area contributed by atoms with Crippen molar-refractivity contribution < 1.29 is 0 Å². The van der Waals surface area contributed by atoms with Crippen LogP contribution in [0, 0.1) is 18.8 Å². The highest BCUT2D eigenvalue weighted by molar-refractivity contribution is 6.33. The third-order valence-electron chi connectivity index (χ3n) is 1.83. The monoisotopic (exact) mass is 208 g/mol. The van der Waals surface area contributed by atoms with Gasteiger partial charge in [-0.3, -0.25) is 0 Å². The van der Waals surface area contributed by atoms with Gasteiger partial charge >= 0.3 is 0 Å². The molecule has 0 aliphatic heterocycles. The zero-order valence-corrected chi connectivity index (χ0v) is 9.07. The standard InChI is InChI=1S/C11H13ClN2/c1-8-6-9(4-3-5-14-2)7-10(12)11(8)13/h6-7,14H,5,13H2,1-2H3. The zero-order chi connectivity index (χ0) is 10.6. The van der Waals surface area contributed by atoms with E-state index in [0.29, 0.717) is 17.3 Å². The van der Waals surface area contributed by atoms with Crippen LogP contribution in [0.3, 0.4) is 0 Å². The molecule has 0 saturated carbocycles. The fourth-order valence-electron chi connectivity index (χ4n) is 1.06. The molecule has 0 radical (unpaired) electrons. The Labute approximate surface area is 89.4 Å². The van der Waals surface area contributed by atoms with Crippen molar-refractivity contribution in [3.05, 3.63) is 28.3 Å². The zero-order valence-electron chi connectivity index (χ0n) is 8.32. The molecule has 0 spiro atoms. The van der Waals surface area contributed by atoms with E-state index in [4.69, 9.17) is 17.3 Å². The Morgan fingerprint density at radius 1 is 1.50 bits per heavy atom. The van der Waals surface area contributed by atoms with Crippen molar-refractivity contribution in [3.63, 3.8) is 0 Å². The van der Waals surface area contributed by atoms with Gasteiger partial charge in [0.15, 0.2) is 0 Å². The highest BCUT2D eigenvalue weighted by Crippen LogP contribution is 2.23. The number of nitrogen functional groups attached to an aromatic ring is 1. The molecule has 0 saturated heterocycles. The van der Waals surface area contributed by atoms with Crippen LogP contribution in [0.2, 0.25) is 5.02 Å². The van der Waals surface area contributed by atoms with Crippen molar-refractivity contribution in [3.8, 4) is 11.8 Å². The molecule has 0 aliphatic carbocycles. The van der Waals surface area contributed by atoms with Gasteiger partial charge in [0.1, 0.15) is 0 Å². The molecule has 1 rings (SSSR count). The molecule has 2 nitrogen and oxygen atoms in total. The molecule has 74 valence electrons. The Bertz CT molecular complexity index is 365. The molecule has 3 N–H and O–H groups in total. The van der Waals surface area contributed by atoms with E-state index in [-0.39, 0.29) is 0 Å². The molecule has 3 heteroatoms. The lowest BCUT2D eigenvalue weighted by Crippen LogP contribution is -2.04. The average molecular weight is 209 g/mol. The summed E-state index contributed by atoms with van der Waals surface area (Å²) in [4.78, 5) is 0. The number of halogens is 1. The number of anilines is 1. The fourth-order valence-corrected chi connectivity index (χ4v) is 1.33. The van der Waals surface area contributed by atoms with Crippen LogP contribution in [-0.2, 0) is 0 Å². The number of nitrogens with two attached hydrogens (primary N) is 1. The maximum absolute atomic E-state index is 5.92. The largest absolute Gasteiger partial charge is 0.397 e. The topological polar surface area (TPSA) is 38.0 Å². The molecule has 0 atom stereocenters. The first-order valence-corrected chi connectivity index (χ1v) is 4.72. The summed E-state index contributed by atoms with van der Waals surface area (Å²) in [6.45, 7) is 2.59. The van der Waals surface area contributed by atoms with E-state index in [0.717, 1.165) is 11.1 Å². The molecule has 0 aliphatic rings. The molecular weight excluding hydrogens is 196 g/mol. The Morgan fingerprint density at radius 2 is 2.21 bits per heavy atom. The first-order valence-electron chi connectivity index (χ1n) is 4.34. The van der Waals surface area contributed by atoms with Crippen LogP contribution in [-0.4, -0.2) is 13.6 Å². The summed E-state index contributed by atoms with van der Waals surface area (Å²) >= 11 is 5.92. The SMILES string of the molecule is CNCC#Cc1cc(C)c(N)c(Cl)c1. The van der Waals surface area contributed by atoms with Crippen molar-refractivity contribution in [1.82, 2.24) is 5.32 Å². The van der Waals surface area contributed by atoms with Gasteiger partial charge in [-0.1, -0.05) is 23.4 Å². The summed E-state index contributed by atoms with van der Waals surface area (Å²) < 4.78 is 0. The molecular formula is C11H13ClN2. The number of aryl methyl sites for hydroxylation is 1. The normalized spacial score (nSPS) is 9.36. The summed E-state index contributed by atoms with van der Waals surface area (Å²) in [6, 6.07) is 3.72. The van der Waals surface area contributed by atoms with Crippen molar-refractivity contribution in [2.75, 3.05) is 19.3 Å². The molecule has 0 heterocycles. The van der Waals surface area contributed by atoms with E-state index in [2.05, 4.69) is 17.2 Å². The van der Waals surface area contributed by atoms with Crippen LogP contribution < -0.4 is 11.1 Å². The third-order valence-corrected chi connectivity index (χ3v) is 2.15. The third kappa shape index (κ3) is 2.66. The van der Waals surface area contributed by atoms with Gasteiger partial charge in [-0.15, -0.1) is 0 Å². The number of nitrogens with one attached hydrogen (secondary N) is 1. The minimum Gasteiger partial charge on any atom is -0.397 e. The van der Waals surface area contributed by atoms with Gasteiger partial charge in [-0.2, -0.15) is 0 Å². The Kier molecular flexibility index (Phi) is 3.82. The molecule has 0 aromatic heterocycles. The molecule has 0 unspecified atom stereocenters. The molecule has 1 aromatic carbocycles. The maximum atomic E-state index is 5.92. The predicted molar refractivity (Wildman–Crippen MR) is 61.4 cm³/mol. The van der Waals surface area contributed by atoms with Crippen LogP contribution >= 0.6 is 11.6 Å². The maximum Gasteiger partial charge on any atom is 0.0650 e. The average Bonchev–Trinajstić information content (AvgIpc) is 2.14. The Balaban J connectivity index is 2.97. The lowest BCUT2D eigenvalue weighted by molar-refractivity contribution is 0.938. The first kappa shape index (κ1) is 10.9. The van der Waals surface area contributed by atoms with Gasteiger partial charge in [0.25, 0.3) is 0 Å². The second-order valence-electron chi connectivity index (χ2n) is 3.02. The fraction of sp³-hybridized carbons (Fsp3) is 0.273. The number of rotatable bonds is 1. The molecule has 14 heavy (non-hydrogen) atoms. The molecule has 1 aromatic rings. The predicted octanol–water partition coefficient (Wildman–Crippen LogP) is 1.80. The highest BCUT2D eigenvalue weighted by Gasteiger charge is 2.00. The second-order valence-corrected chi connectivity index (χ2v) is 3.43. The van der Waals surface area contributed by atoms with E-state index in [1.54, 1.807) is 6.07 Å². The van der Waals surface area contributed by atoms with Crippen molar-refractivity contribution in [2.24, 2.45) is 0 Å². The molecule has 0 fully saturated rings. The van der Waals surface area contributed by atoms with Gasteiger partial charge in [-0.05, 0) is 31.7 Å². The van der Waals surface area contributed by atoms with Gasteiger partial charge in [0.2, 0.25) is 0 Å². The van der Waals surface area contributed by atoms with Crippen molar-refractivity contribution in [2.45, 2.75) is 6.92 Å². The Morgan fingerprint density at radius 3 is 2.79 bits per heavy atom. The van der Waals surface area contributed by atoms with E-state index in [1.807, 2.05) is 20.0 Å². The van der Waals surface area contributed by atoms with Gasteiger partial charge in [0, 0.05) is 5.56 Å². The van der Waals surface area contributed by atoms with Gasteiger partial charge in [-0.25, -0.2) is 0 Å². The van der Waals surface area contributed by atoms with E-state index in [1.165, 1.54) is 0 Å². The van der Waals surface area contributed by atoms with Crippen molar-refractivity contribution in [1.29, 1.82) is 0 Å². The Hall–Kier alpha value is -1.17. The van der Waals surface area contributed by atoms with E-state index in [9.17, 15) is 0 Å². The highest BCUT2D eigenvalue weighted by atomic mass is 35.5.